The highest BCUT2D eigenvalue weighted by molar-refractivity contribution is 9.10. The summed E-state index contributed by atoms with van der Waals surface area (Å²) >= 11 is 3.37. The fourth-order valence-corrected chi connectivity index (χ4v) is 1.84. The molecule has 0 aliphatic heterocycles. The van der Waals surface area contributed by atoms with E-state index in [1.807, 2.05) is 36.2 Å². The van der Waals surface area contributed by atoms with Crippen molar-refractivity contribution in [1.29, 1.82) is 0 Å². The fourth-order valence-electron chi connectivity index (χ4n) is 1.58. The molecule has 0 fully saturated rings. The number of carbonyl (C=O) groups excluding carboxylic acids is 2. The van der Waals surface area contributed by atoms with Gasteiger partial charge in [0.2, 0.25) is 5.91 Å². The molecule has 108 valence electrons. The van der Waals surface area contributed by atoms with Gasteiger partial charge in [0, 0.05) is 17.6 Å². The Balaban J connectivity index is 2.35. The number of hydrogen-bond donors (Lipinski definition) is 2. The van der Waals surface area contributed by atoms with Crippen LogP contribution >= 0.6 is 15.9 Å². The van der Waals surface area contributed by atoms with Crippen LogP contribution < -0.4 is 10.6 Å². The molecule has 1 aromatic carbocycles. The van der Waals surface area contributed by atoms with Gasteiger partial charge in [0.05, 0.1) is 6.54 Å². The van der Waals surface area contributed by atoms with Gasteiger partial charge < -0.3 is 5.32 Å². The van der Waals surface area contributed by atoms with Crippen LogP contribution in [-0.4, -0.2) is 37.0 Å². The van der Waals surface area contributed by atoms with Crippen molar-refractivity contribution in [3.05, 3.63) is 47.0 Å². The van der Waals surface area contributed by atoms with Gasteiger partial charge in [0.15, 0.2) is 0 Å². The number of hydrogen-bond acceptors (Lipinski definition) is 3. The van der Waals surface area contributed by atoms with E-state index in [-0.39, 0.29) is 12.5 Å². The van der Waals surface area contributed by atoms with Crippen molar-refractivity contribution in [1.82, 2.24) is 15.5 Å². The number of rotatable bonds is 6. The summed E-state index contributed by atoms with van der Waals surface area (Å²) in [7, 11) is 1.82. The zero-order valence-corrected chi connectivity index (χ0v) is 12.9. The van der Waals surface area contributed by atoms with Gasteiger partial charge in [0.25, 0.3) is 0 Å². The fraction of sp³-hybridized carbons (Fsp3) is 0.286. The monoisotopic (exact) mass is 339 g/mol. The van der Waals surface area contributed by atoms with Crippen molar-refractivity contribution >= 4 is 27.9 Å². The number of urea groups is 1. The first kappa shape index (κ1) is 16.4. The lowest BCUT2D eigenvalue weighted by Gasteiger charge is -2.16. The molecule has 1 rings (SSSR count). The van der Waals surface area contributed by atoms with Crippen LogP contribution in [0, 0.1) is 0 Å². The molecule has 0 radical (unpaired) electrons. The Morgan fingerprint density at radius 3 is 2.60 bits per heavy atom. The van der Waals surface area contributed by atoms with Gasteiger partial charge in [-0.1, -0.05) is 34.1 Å². The van der Waals surface area contributed by atoms with Crippen molar-refractivity contribution < 1.29 is 9.59 Å². The predicted molar refractivity (Wildman–Crippen MR) is 82.2 cm³/mol. The van der Waals surface area contributed by atoms with Gasteiger partial charge in [-0.25, -0.2) is 4.79 Å². The Kier molecular flexibility index (Phi) is 6.97. The third-order valence-corrected chi connectivity index (χ3v) is 2.97. The molecule has 0 heterocycles. The first-order valence-corrected chi connectivity index (χ1v) is 6.92. The molecule has 0 aliphatic carbocycles. The molecule has 5 nitrogen and oxygen atoms in total. The highest BCUT2D eigenvalue weighted by atomic mass is 79.9. The number of halogens is 1. The number of amides is 3. The smallest absolute Gasteiger partial charge is 0.321 e. The molecule has 0 aliphatic rings. The molecule has 6 heteroatoms. The van der Waals surface area contributed by atoms with Crippen molar-refractivity contribution in [2.45, 2.75) is 6.54 Å². The zero-order valence-electron chi connectivity index (χ0n) is 11.4. The molecule has 20 heavy (non-hydrogen) atoms. The summed E-state index contributed by atoms with van der Waals surface area (Å²) in [5.41, 5.74) is 1.10. The number of nitrogens with one attached hydrogen (secondary N) is 2. The van der Waals surface area contributed by atoms with Gasteiger partial charge in [-0.05, 0) is 24.7 Å². The summed E-state index contributed by atoms with van der Waals surface area (Å²) in [6.07, 6.45) is 1.55. The number of imide groups is 1. The summed E-state index contributed by atoms with van der Waals surface area (Å²) in [6.45, 7) is 4.59. The second-order valence-corrected chi connectivity index (χ2v) is 5.26. The standard InChI is InChI=1S/C14H18BrN3O2/c1-3-8-16-14(20)17-13(19)10-18(2)9-11-4-6-12(15)7-5-11/h3-7H,1,8-10H2,2H3,(H2,16,17,19,20). The lowest BCUT2D eigenvalue weighted by molar-refractivity contribution is -0.120. The van der Waals surface area contributed by atoms with Crippen molar-refractivity contribution in [3.63, 3.8) is 0 Å². The second kappa shape index (κ2) is 8.50. The van der Waals surface area contributed by atoms with Crippen molar-refractivity contribution in [2.24, 2.45) is 0 Å². The third-order valence-electron chi connectivity index (χ3n) is 2.44. The van der Waals surface area contributed by atoms with Crippen LogP contribution in [0.5, 0.6) is 0 Å². The molecule has 0 atom stereocenters. The van der Waals surface area contributed by atoms with Gasteiger partial charge in [-0.15, -0.1) is 6.58 Å². The molecule has 0 spiro atoms. The van der Waals surface area contributed by atoms with Gasteiger partial charge in [-0.2, -0.15) is 0 Å². The minimum absolute atomic E-state index is 0.150. The number of likely N-dealkylation sites (N-methyl/N-ethyl adjacent to an activating group) is 1. The SMILES string of the molecule is C=CCNC(=O)NC(=O)CN(C)Cc1ccc(Br)cc1. The van der Waals surface area contributed by atoms with Crippen molar-refractivity contribution in [3.8, 4) is 0 Å². The zero-order chi connectivity index (χ0) is 15.0. The maximum atomic E-state index is 11.6. The second-order valence-electron chi connectivity index (χ2n) is 4.35. The van der Waals surface area contributed by atoms with E-state index in [9.17, 15) is 9.59 Å². The Morgan fingerprint density at radius 2 is 2.00 bits per heavy atom. The third kappa shape index (κ3) is 6.49. The average Bonchev–Trinajstić information content (AvgIpc) is 2.38. The minimum atomic E-state index is -0.507. The average molecular weight is 340 g/mol. The van der Waals surface area contributed by atoms with E-state index in [0.717, 1.165) is 10.0 Å². The Bertz CT molecular complexity index is 474. The summed E-state index contributed by atoms with van der Waals surface area (Å²) < 4.78 is 1.01. The van der Waals surface area contributed by atoms with Gasteiger partial charge in [0.1, 0.15) is 0 Å². The minimum Gasteiger partial charge on any atom is -0.334 e. The maximum absolute atomic E-state index is 11.6. The molecule has 0 saturated carbocycles. The normalized spacial score (nSPS) is 10.2. The predicted octanol–water partition coefficient (Wildman–Crippen LogP) is 1.89. The van der Waals surface area contributed by atoms with Crippen LogP contribution in [0.1, 0.15) is 5.56 Å². The topological polar surface area (TPSA) is 61.4 Å². The Morgan fingerprint density at radius 1 is 1.35 bits per heavy atom. The van der Waals surface area contributed by atoms with Crippen LogP contribution in [0.3, 0.4) is 0 Å². The highest BCUT2D eigenvalue weighted by Crippen LogP contribution is 2.11. The molecule has 2 N–H and O–H groups in total. The van der Waals surface area contributed by atoms with E-state index in [1.165, 1.54) is 0 Å². The van der Waals surface area contributed by atoms with Crippen LogP contribution in [0.4, 0.5) is 4.79 Å². The van der Waals surface area contributed by atoms with Gasteiger partial charge >= 0.3 is 6.03 Å². The van der Waals surface area contributed by atoms with Crippen LogP contribution in [-0.2, 0) is 11.3 Å². The van der Waals surface area contributed by atoms with E-state index in [0.29, 0.717) is 13.1 Å². The van der Waals surface area contributed by atoms with Crippen LogP contribution in [0.15, 0.2) is 41.4 Å². The lowest BCUT2D eigenvalue weighted by Crippen LogP contribution is -2.43. The number of nitrogens with zero attached hydrogens (tertiary/aromatic N) is 1. The maximum Gasteiger partial charge on any atom is 0.321 e. The van der Waals surface area contributed by atoms with E-state index in [4.69, 9.17) is 0 Å². The molecule has 3 amide bonds. The number of carbonyl (C=O) groups is 2. The van der Waals surface area contributed by atoms with Crippen LogP contribution in [0.25, 0.3) is 0 Å². The quantitative estimate of drug-likeness (QED) is 0.778. The first-order valence-electron chi connectivity index (χ1n) is 6.13. The lowest BCUT2D eigenvalue weighted by atomic mass is 10.2. The molecule has 0 aromatic heterocycles. The molecule has 0 saturated heterocycles. The molecule has 1 aromatic rings. The first-order chi connectivity index (χ1) is 9.51. The molecule has 0 bridgehead atoms. The van der Waals surface area contributed by atoms with Gasteiger partial charge in [-0.3, -0.25) is 15.0 Å². The Labute approximate surface area is 127 Å². The van der Waals surface area contributed by atoms with Crippen LogP contribution in [0.2, 0.25) is 0 Å². The van der Waals surface area contributed by atoms with E-state index < -0.39 is 6.03 Å². The van der Waals surface area contributed by atoms with E-state index in [2.05, 4.69) is 33.1 Å². The van der Waals surface area contributed by atoms with E-state index >= 15 is 0 Å². The highest BCUT2D eigenvalue weighted by Gasteiger charge is 2.10. The Hall–Kier alpha value is -1.66. The van der Waals surface area contributed by atoms with Crippen molar-refractivity contribution in [2.75, 3.05) is 20.1 Å². The molecular formula is C14H18BrN3O2. The van der Waals surface area contributed by atoms with E-state index in [1.54, 1.807) is 6.08 Å². The summed E-state index contributed by atoms with van der Waals surface area (Å²) in [4.78, 5) is 24.7. The summed E-state index contributed by atoms with van der Waals surface area (Å²) in [6, 6.07) is 7.36. The molecular weight excluding hydrogens is 322 g/mol. The molecule has 0 unspecified atom stereocenters. The summed E-state index contributed by atoms with van der Waals surface area (Å²) in [5.74, 6) is -0.342. The summed E-state index contributed by atoms with van der Waals surface area (Å²) in [5, 5.41) is 4.73. The number of benzene rings is 1. The largest absolute Gasteiger partial charge is 0.334 e.